The van der Waals surface area contributed by atoms with E-state index in [1.807, 2.05) is 0 Å². The Labute approximate surface area is 58.8 Å². The number of carbonyl (C=O) groups excluding carboxylic acids is 2. The lowest BCUT2D eigenvalue weighted by atomic mass is 9.97. The van der Waals surface area contributed by atoms with Gasteiger partial charge in [-0.25, -0.2) is 0 Å². The van der Waals surface area contributed by atoms with E-state index >= 15 is 0 Å². The number of nitrogens with two attached hydrogens (primary N) is 1. The number of amides is 2. The van der Waals surface area contributed by atoms with Crippen LogP contribution in [0.25, 0.3) is 0 Å². The smallest absolute Gasteiger partial charge is 0.221 e. The number of piperidine rings is 1. The number of rotatable bonds is 1. The van der Waals surface area contributed by atoms with Gasteiger partial charge in [0.25, 0.3) is 0 Å². The molecule has 0 aromatic rings. The van der Waals surface area contributed by atoms with Crippen molar-refractivity contribution in [2.24, 2.45) is 11.7 Å². The van der Waals surface area contributed by atoms with Gasteiger partial charge in [-0.15, -0.1) is 0 Å². The van der Waals surface area contributed by atoms with Crippen molar-refractivity contribution in [1.29, 1.82) is 0 Å². The van der Waals surface area contributed by atoms with Gasteiger partial charge < -0.3 is 11.1 Å². The molecule has 10 heavy (non-hydrogen) atoms. The summed E-state index contributed by atoms with van der Waals surface area (Å²) in [6.45, 7) is 0.576. The summed E-state index contributed by atoms with van der Waals surface area (Å²) in [5.41, 5.74) is 5.01. The number of carbonyl (C=O) groups is 2. The summed E-state index contributed by atoms with van der Waals surface area (Å²) in [6.07, 6.45) is 0.941. The Morgan fingerprint density at radius 2 is 2.40 bits per heavy atom. The Hall–Kier alpha value is -1.06. The Kier molecular flexibility index (Phi) is 1.89. The average Bonchev–Trinajstić information content (AvgIpc) is 1.88. The molecule has 4 heteroatoms. The third kappa shape index (κ3) is 1.46. The SMILES string of the molecule is NC(=O)C1CCNC(=O)C1. The maximum absolute atomic E-state index is 10.7. The first kappa shape index (κ1) is 7.05. The van der Waals surface area contributed by atoms with Gasteiger partial charge in [0.15, 0.2) is 0 Å². The molecule has 56 valence electrons. The van der Waals surface area contributed by atoms with Crippen LogP contribution in [0, 0.1) is 5.92 Å². The van der Waals surface area contributed by atoms with Crippen molar-refractivity contribution in [2.45, 2.75) is 12.8 Å². The van der Waals surface area contributed by atoms with E-state index in [0.29, 0.717) is 13.0 Å². The van der Waals surface area contributed by atoms with E-state index in [0.717, 1.165) is 0 Å². The average molecular weight is 142 g/mol. The molecule has 1 atom stereocenters. The van der Waals surface area contributed by atoms with Crippen LogP contribution in [0.1, 0.15) is 12.8 Å². The van der Waals surface area contributed by atoms with Gasteiger partial charge in [-0.05, 0) is 6.42 Å². The molecule has 1 rings (SSSR count). The zero-order valence-electron chi connectivity index (χ0n) is 5.59. The predicted molar refractivity (Wildman–Crippen MR) is 34.9 cm³/mol. The topological polar surface area (TPSA) is 72.2 Å². The van der Waals surface area contributed by atoms with E-state index in [1.54, 1.807) is 0 Å². The minimum absolute atomic E-state index is 0.0740. The van der Waals surface area contributed by atoms with Crippen molar-refractivity contribution in [3.05, 3.63) is 0 Å². The lowest BCUT2D eigenvalue weighted by molar-refractivity contribution is -0.130. The second-order valence-electron chi connectivity index (χ2n) is 2.44. The maximum atomic E-state index is 10.7. The largest absolute Gasteiger partial charge is 0.369 e. The van der Waals surface area contributed by atoms with Gasteiger partial charge in [0.1, 0.15) is 0 Å². The van der Waals surface area contributed by atoms with E-state index < -0.39 is 0 Å². The zero-order chi connectivity index (χ0) is 7.56. The quantitative estimate of drug-likeness (QED) is 0.492. The first-order valence-electron chi connectivity index (χ1n) is 3.26. The highest BCUT2D eigenvalue weighted by Gasteiger charge is 2.22. The van der Waals surface area contributed by atoms with Crippen LogP contribution in [0.3, 0.4) is 0 Å². The van der Waals surface area contributed by atoms with Crippen LogP contribution in [-0.4, -0.2) is 18.4 Å². The molecule has 0 aromatic carbocycles. The lowest BCUT2D eigenvalue weighted by Crippen LogP contribution is -2.38. The van der Waals surface area contributed by atoms with Gasteiger partial charge in [0, 0.05) is 18.9 Å². The van der Waals surface area contributed by atoms with Crippen molar-refractivity contribution < 1.29 is 9.59 Å². The Balaban J connectivity index is 2.47. The third-order valence-electron chi connectivity index (χ3n) is 1.65. The molecule has 0 bridgehead atoms. The van der Waals surface area contributed by atoms with Crippen LogP contribution < -0.4 is 11.1 Å². The monoisotopic (exact) mass is 142 g/mol. The summed E-state index contributed by atoms with van der Waals surface area (Å²) in [7, 11) is 0. The van der Waals surface area contributed by atoms with Gasteiger partial charge in [-0.2, -0.15) is 0 Å². The van der Waals surface area contributed by atoms with Crippen molar-refractivity contribution in [3.8, 4) is 0 Å². The summed E-state index contributed by atoms with van der Waals surface area (Å²) in [6, 6.07) is 0. The highest BCUT2D eigenvalue weighted by Crippen LogP contribution is 2.10. The first-order chi connectivity index (χ1) is 4.70. The molecule has 1 aliphatic heterocycles. The standard InChI is InChI=1S/C6H10N2O2/c7-6(10)4-1-2-8-5(9)3-4/h4H,1-3H2,(H2,7,10)(H,8,9). The van der Waals surface area contributed by atoms with E-state index in [2.05, 4.69) is 5.32 Å². The van der Waals surface area contributed by atoms with Gasteiger partial charge in [-0.1, -0.05) is 0 Å². The molecule has 0 aromatic heterocycles. The van der Waals surface area contributed by atoms with Crippen molar-refractivity contribution in [2.75, 3.05) is 6.54 Å². The van der Waals surface area contributed by atoms with Crippen LogP contribution in [-0.2, 0) is 9.59 Å². The molecule has 2 amide bonds. The fraction of sp³-hybridized carbons (Fsp3) is 0.667. The number of hydrogen-bond donors (Lipinski definition) is 2. The molecule has 1 saturated heterocycles. The highest BCUT2D eigenvalue weighted by molar-refractivity contribution is 5.85. The predicted octanol–water partition coefficient (Wildman–Crippen LogP) is -1.00. The summed E-state index contributed by atoms with van der Waals surface area (Å²) >= 11 is 0. The van der Waals surface area contributed by atoms with Crippen molar-refractivity contribution in [1.82, 2.24) is 5.32 Å². The van der Waals surface area contributed by atoms with Crippen LogP contribution in [0.2, 0.25) is 0 Å². The molecule has 1 fully saturated rings. The van der Waals surface area contributed by atoms with Crippen molar-refractivity contribution >= 4 is 11.8 Å². The first-order valence-corrected chi connectivity index (χ1v) is 3.26. The lowest BCUT2D eigenvalue weighted by Gasteiger charge is -2.18. The summed E-state index contributed by atoms with van der Waals surface area (Å²) in [5.74, 6) is -0.682. The van der Waals surface area contributed by atoms with Gasteiger partial charge in [0.2, 0.25) is 11.8 Å². The second kappa shape index (κ2) is 2.68. The molecule has 1 heterocycles. The third-order valence-corrected chi connectivity index (χ3v) is 1.65. The summed E-state index contributed by atoms with van der Waals surface area (Å²) < 4.78 is 0. The minimum Gasteiger partial charge on any atom is -0.369 e. The van der Waals surface area contributed by atoms with Crippen LogP contribution >= 0.6 is 0 Å². The molecule has 0 radical (unpaired) electrons. The van der Waals surface area contributed by atoms with E-state index in [-0.39, 0.29) is 24.2 Å². The van der Waals surface area contributed by atoms with Crippen LogP contribution in [0.5, 0.6) is 0 Å². The molecular weight excluding hydrogens is 132 g/mol. The molecular formula is C6H10N2O2. The minimum atomic E-state index is -0.366. The van der Waals surface area contributed by atoms with Crippen molar-refractivity contribution in [3.63, 3.8) is 0 Å². The Morgan fingerprint density at radius 1 is 1.70 bits per heavy atom. The van der Waals surface area contributed by atoms with E-state index in [4.69, 9.17) is 5.73 Å². The molecule has 1 aliphatic rings. The fourth-order valence-corrected chi connectivity index (χ4v) is 1.03. The Morgan fingerprint density at radius 3 is 2.80 bits per heavy atom. The van der Waals surface area contributed by atoms with Gasteiger partial charge >= 0.3 is 0 Å². The molecule has 0 saturated carbocycles. The normalized spacial score (nSPS) is 25.6. The summed E-state index contributed by atoms with van der Waals surface area (Å²) in [4.78, 5) is 21.2. The molecule has 1 unspecified atom stereocenters. The number of primary amides is 1. The molecule has 4 nitrogen and oxygen atoms in total. The summed E-state index contributed by atoms with van der Waals surface area (Å²) in [5, 5.41) is 2.62. The molecule has 0 spiro atoms. The van der Waals surface area contributed by atoms with Crippen LogP contribution in [0.15, 0.2) is 0 Å². The maximum Gasteiger partial charge on any atom is 0.221 e. The molecule has 3 N–H and O–H groups in total. The zero-order valence-corrected chi connectivity index (χ0v) is 5.59. The molecule has 0 aliphatic carbocycles. The number of hydrogen-bond acceptors (Lipinski definition) is 2. The number of nitrogens with one attached hydrogen (secondary N) is 1. The van der Waals surface area contributed by atoms with E-state index in [9.17, 15) is 9.59 Å². The van der Waals surface area contributed by atoms with Crippen LogP contribution in [0.4, 0.5) is 0 Å². The van der Waals surface area contributed by atoms with E-state index in [1.165, 1.54) is 0 Å². The van der Waals surface area contributed by atoms with Gasteiger partial charge in [0.05, 0.1) is 0 Å². The fourth-order valence-electron chi connectivity index (χ4n) is 1.03. The van der Waals surface area contributed by atoms with Gasteiger partial charge in [-0.3, -0.25) is 9.59 Å². The highest BCUT2D eigenvalue weighted by atomic mass is 16.2. The second-order valence-corrected chi connectivity index (χ2v) is 2.44. The Bertz CT molecular complexity index is 165.